The third kappa shape index (κ3) is 5.20. The van der Waals surface area contributed by atoms with E-state index in [0.717, 1.165) is 0 Å². The van der Waals surface area contributed by atoms with Crippen molar-refractivity contribution in [3.05, 3.63) is 65.0 Å². The van der Waals surface area contributed by atoms with Crippen molar-refractivity contribution in [2.24, 2.45) is 0 Å². The zero-order chi connectivity index (χ0) is 24.7. The van der Waals surface area contributed by atoms with Crippen LogP contribution in [0.15, 0.2) is 58.3 Å². The van der Waals surface area contributed by atoms with Crippen LogP contribution >= 0.6 is 0 Å². The first-order chi connectivity index (χ1) is 16.4. The van der Waals surface area contributed by atoms with Crippen molar-refractivity contribution in [2.75, 3.05) is 34.0 Å². The van der Waals surface area contributed by atoms with Crippen LogP contribution in [-0.2, 0) is 14.3 Å². The highest BCUT2D eigenvalue weighted by molar-refractivity contribution is 5.98. The minimum atomic E-state index is -0.800. The minimum absolute atomic E-state index is 0.0218. The van der Waals surface area contributed by atoms with Crippen molar-refractivity contribution < 1.29 is 37.7 Å². The topological polar surface area (TPSA) is 110 Å². The van der Waals surface area contributed by atoms with Gasteiger partial charge in [0.05, 0.1) is 31.8 Å². The fourth-order valence-electron chi connectivity index (χ4n) is 3.19. The molecule has 1 heterocycles. The highest BCUT2D eigenvalue weighted by atomic mass is 16.6. The number of hydrogen-bond acceptors (Lipinski definition) is 9. The lowest BCUT2D eigenvalue weighted by Crippen LogP contribution is -2.16. The van der Waals surface area contributed by atoms with Crippen molar-refractivity contribution in [3.63, 3.8) is 0 Å². The van der Waals surface area contributed by atoms with Crippen molar-refractivity contribution >= 4 is 22.9 Å². The second-order valence-electron chi connectivity index (χ2n) is 6.84. The van der Waals surface area contributed by atoms with Gasteiger partial charge in [0.25, 0.3) is 0 Å². The second-order valence-corrected chi connectivity index (χ2v) is 6.84. The molecular formula is C25H24O9. The molecule has 0 fully saturated rings. The molecule has 1 aromatic heterocycles. The zero-order valence-corrected chi connectivity index (χ0v) is 19.0. The first kappa shape index (κ1) is 24.4. The minimum Gasteiger partial charge on any atom is -0.493 e. The SMILES string of the molecule is C=CCOC(=O)COc1ccc2c(=O)c(-c3ccc(OC)c(OC)c3)c(C(=O)OCC)oc2c1. The van der Waals surface area contributed by atoms with E-state index in [1.165, 1.54) is 38.5 Å². The normalized spacial score (nSPS) is 10.4. The molecule has 0 spiro atoms. The third-order valence-corrected chi connectivity index (χ3v) is 4.72. The summed E-state index contributed by atoms with van der Waals surface area (Å²) < 4.78 is 31.8. The maximum absolute atomic E-state index is 13.4. The number of carbonyl (C=O) groups excluding carboxylic acids is 2. The number of esters is 2. The summed E-state index contributed by atoms with van der Waals surface area (Å²) in [6, 6.07) is 9.24. The second kappa shape index (κ2) is 11.0. The Morgan fingerprint density at radius 1 is 1.03 bits per heavy atom. The molecule has 178 valence electrons. The van der Waals surface area contributed by atoms with Crippen LogP contribution in [0.3, 0.4) is 0 Å². The van der Waals surface area contributed by atoms with Crippen LogP contribution in [0.4, 0.5) is 0 Å². The van der Waals surface area contributed by atoms with E-state index in [2.05, 4.69) is 6.58 Å². The molecule has 9 nitrogen and oxygen atoms in total. The van der Waals surface area contributed by atoms with Gasteiger partial charge < -0.3 is 28.1 Å². The number of ether oxygens (including phenoxy) is 5. The van der Waals surface area contributed by atoms with E-state index in [1.807, 2.05) is 0 Å². The highest BCUT2D eigenvalue weighted by Crippen LogP contribution is 2.34. The molecule has 0 N–H and O–H groups in total. The number of carbonyl (C=O) groups is 2. The molecule has 0 saturated heterocycles. The van der Waals surface area contributed by atoms with E-state index in [0.29, 0.717) is 17.1 Å². The predicted molar refractivity (Wildman–Crippen MR) is 124 cm³/mol. The van der Waals surface area contributed by atoms with Crippen LogP contribution in [0.2, 0.25) is 0 Å². The van der Waals surface area contributed by atoms with Gasteiger partial charge in [-0.2, -0.15) is 0 Å². The molecular weight excluding hydrogens is 444 g/mol. The molecule has 0 aliphatic rings. The lowest BCUT2D eigenvalue weighted by molar-refractivity contribution is -0.144. The Labute approximate surface area is 195 Å². The van der Waals surface area contributed by atoms with Crippen LogP contribution in [0, 0.1) is 0 Å². The molecule has 34 heavy (non-hydrogen) atoms. The van der Waals surface area contributed by atoms with Crippen molar-refractivity contribution in [1.29, 1.82) is 0 Å². The summed E-state index contributed by atoms with van der Waals surface area (Å²) in [5.41, 5.74) is 0.0536. The summed E-state index contributed by atoms with van der Waals surface area (Å²) in [6.07, 6.45) is 1.44. The molecule has 3 rings (SSSR count). The Balaban J connectivity index is 2.10. The first-order valence-electron chi connectivity index (χ1n) is 10.3. The predicted octanol–water partition coefficient (Wildman–Crippen LogP) is 3.76. The monoisotopic (exact) mass is 468 g/mol. The quantitative estimate of drug-likeness (QED) is 0.324. The van der Waals surface area contributed by atoms with Crippen LogP contribution in [0.1, 0.15) is 17.5 Å². The highest BCUT2D eigenvalue weighted by Gasteiger charge is 2.24. The molecule has 0 bridgehead atoms. The molecule has 0 aliphatic carbocycles. The smallest absolute Gasteiger partial charge is 0.375 e. The zero-order valence-electron chi connectivity index (χ0n) is 19.0. The Bertz CT molecular complexity index is 1270. The number of rotatable bonds is 10. The van der Waals surface area contributed by atoms with Crippen LogP contribution in [0.5, 0.6) is 17.2 Å². The largest absolute Gasteiger partial charge is 0.493 e. The molecule has 0 aliphatic heterocycles. The van der Waals surface area contributed by atoms with E-state index in [4.69, 9.17) is 28.1 Å². The van der Waals surface area contributed by atoms with E-state index in [9.17, 15) is 14.4 Å². The third-order valence-electron chi connectivity index (χ3n) is 4.72. The van der Waals surface area contributed by atoms with Gasteiger partial charge in [0.15, 0.2) is 18.1 Å². The van der Waals surface area contributed by atoms with Crippen LogP contribution in [0.25, 0.3) is 22.1 Å². The summed E-state index contributed by atoms with van der Waals surface area (Å²) in [5, 5.41) is 0.208. The van der Waals surface area contributed by atoms with Gasteiger partial charge >= 0.3 is 11.9 Å². The van der Waals surface area contributed by atoms with E-state index in [1.54, 1.807) is 25.1 Å². The van der Waals surface area contributed by atoms with Crippen LogP contribution in [-0.4, -0.2) is 46.0 Å². The van der Waals surface area contributed by atoms with Gasteiger partial charge in [-0.1, -0.05) is 18.7 Å². The van der Waals surface area contributed by atoms with E-state index < -0.39 is 17.4 Å². The van der Waals surface area contributed by atoms with Gasteiger partial charge in [-0.05, 0) is 36.8 Å². The number of methoxy groups -OCH3 is 2. The van der Waals surface area contributed by atoms with Crippen molar-refractivity contribution in [1.82, 2.24) is 0 Å². The fraction of sp³-hybridized carbons (Fsp3) is 0.240. The van der Waals surface area contributed by atoms with Gasteiger partial charge in [-0.25, -0.2) is 9.59 Å². The average Bonchev–Trinajstić information content (AvgIpc) is 2.85. The number of fused-ring (bicyclic) bond motifs is 1. The number of hydrogen-bond donors (Lipinski definition) is 0. The van der Waals surface area contributed by atoms with Crippen molar-refractivity contribution in [3.8, 4) is 28.4 Å². The Kier molecular flexibility index (Phi) is 7.92. The molecule has 0 radical (unpaired) electrons. The van der Waals surface area contributed by atoms with E-state index >= 15 is 0 Å². The van der Waals surface area contributed by atoms with Gasteiger partial charge in [0.1, 0.15) is 17.9 Å². The Morgan fingerprint density at radius 3 is 2.47 bits per heavy atom. The summed E-state index contributed by atoms with van der Waals surface area (Å²) in [5.74, 6) is -0.569. The molecule has 0 amide bonds. The van der Waals surface area contributed by atoms with Gasteiger partial charge in [0, 0.05) is 6.07 Å². The molecule has 0 saturated carbocycles. The van der Waals surface area contributed by atoms with Crippen molar-refractivity contribution in [2.45, 2.75) is 6.92 Å². The fourth-order valence-corrected chi connectivity index (χ4v) is 3.19. The Morgan fingerprint density at radius 2 is 1.79 bits per heavy atom. The molecule has 9 heteroatoms. The summed E-state index contributed by atoms with van der Waals surface area (Å²) >= 11 is 0. The lowest BCUT2D eigenvalue weighted by atomic mass is 10.0. The molecule has 3 aromatic rings. The molecule has 0 atom stereocenters. The Hall–Kier alpha value is -4.27. The van der Waals surface area contributed by atoms with Gasteiger partial charge in [-0.15, -0.1) is 0 Å². The molecule has 0 unspecified atom stereocenters. The number of benzene rings is 2. The maximum Gasteiger partial charge on any atom is 0.375 e. The standard InChI is InChI=1S/C25H24O9/c1-5-11-32-21(26)14-33-16-8-9-17-19(13-16)34-24(25(28)31-6-2)22(23(17)27)15-7-10-18(29-3)20(12-15)30-4/h5,7-10,12-13H,1,6,11,14H2,2-4H3. The maximum atomic E-state index is 13.4. The lowest BCUT2D eigenvalue weighted by Gasteiger charge is -2.13. The molecule has 2 aromatic carbocycles. The summed E-state index contributed by atoms with van der Waals surface area (Å²) in [4.78, 5) is 37.8. The van der Waals surface area contributed by atoms with E-state index in [-0.39, 0.29) is 47.9 Å². The van der Waals surface area contributed by atoms with Gasteiger partial charge in [-0.3, -0.25) is 4.79 Å². The first-order valence-corrected chi connectivity index (χ1v) is 10.3. The average molecular weight is 468 g/mol. The van der Waals surface area contributed by atoms with Gasteiger partial charge in [0.2, 0.25) is 11.2 Å². The summed E-state index contributed by atoms with van der Waals surface area (Å²) in [7, 11) is 2.95. The van der Waals surface area contributed by atoms with Crippen LogP contribution < -0.4 is 19.6 Å². The summed E-state index contributed by atoms with van der Waals surface area (Å²) in [6.45, 7) is 4.91.